The summed E-state index contributed by atoms with van der Waals surface area (Å²) in [6, 6.07) is 60.8. The molecule has 4 aromatic heterocycles. The van der Waals surface area contributed by atoms with Crippen molar-refractivity contribution in [2.45, 2.75) is 0 Å². The van der Waals surface area contributed by atoms with Crippen LogP contribution in [0.25, 0.3) is 108 Å². The van der Waals surface area contributed by atoms with Crippen molar-refractivity contribution in [3.05, 3.63) is 176 Å². The first-order valence-electron chi connectivity index (χ1n) is 18.4. The SMILES string of the molecule is c1ccc(-c2cccc(-c3nc(-c4cccc5sc6cccc(-c7nc(-c8ccccc8)nc(-c8ccccc8)n7)c6c45)nc4c3sc3ccccc34)c2)cc1. The maximum Gasteiger partial charge on any atom is 0.164 e. The van der Waals surface area contributed by atoms with E-state index in [4.69, 9.17) is 24.9 Å². The van der Waals surface area contributed by atoms with Crippen LogP contribution in [0.15, 0.2) is 176 Å². The summed E-state index contributed by atoms with van der Waals surface area (Å²) >= 11 is 3.51. The Morgan fingerprint density at radius 2 is 0.804 bits per heavy atom. The first-order valence-corrected chi connectivity index (χ1v) is 20.1. The molecule has 0 aliphatic heterocycles. The van der Waals surface area contributed by atoms with E-state index in [0.29, 0.717) is 23.3 Å². The third kappa shape index (κ3) is 5.56. The molecule has 7 aromatic carbocycles. The summed E-state index contributed by atoms with van der Waals surface area (Å²) < 4.78 is 4.56. The van der Waals surface area contributed by atoms with Crippen LogP contribution in [0.5, 0.6) is 0 Å². The molecular weight excluding hydrogens is 723 g/mol. The molecule has 0 atom stereocenters. The Bertz CT molecular complexity index is 3190. The summed E-state index contributed by atoms with van der Waals surface area (Å²) in [6.45, 7) is 0. The molecular formula is C49H29N5S2. The monoisotopic (exact) mass is 751 g/mol. The minimum atomic E-state index is 0.622. The average Bonchev–Trinajstić information content (AvgIpc) is 3.86. The standard InChI is InChI=1S/C49H29N5S2/c1-4-15-30(16-5-1)33-21-12-22-34(29-33)43-45-44(35-23-10-11-26-38(35)56-45)51-48(50-43)36-24-13-27-39-41(36)42-37(25-14-28-40(42)55-39)49-53-46(31-17-6-2-7-18-31)52-47(54-49)32-19-8-3-9-20-32/h1-29H. The van der Waals surface area contributed by atoms with Crippen LogP contribution in [0.1, 0.15) is 0 Å². The van der Waals surface area contributed by atoms with Gasteiger partial charge in [0.25, 0.3) is 0 Å². The molecule has 0 spiro atoms. The predicted molar refractivity (Wildman–Crippen MR) is 234 cm³/mol. The van der Waals surface area contributed by atoms with Crippen molar-refractivity contribution in [1.82, 2.24) is 24.9 Å². The molecule has 0 saturated carbocycles. The lowest BCUT2D eigenvalue weighted by Crippen LogP contribution is -2.00. The molecule has 0 fully saturated rings. The Hall–Kier alpha value is -6.93. The number of thiophene rings is 2. The molecule has 0 radical (unpaired) electrons. The zero-order chi connectivity index (χ0) is 37.0. The van der Waals surface area contributed by atoms with Crippen LogP contribution in [0.2, 0.25) is 0 Å². The highest BCUT2D eigenvalue weighted by Gasteiger charge is 2.22. The van der Waals surface area contributed by atoms with E-state index < -0.39 is 0 Å². The largest absolute Gasteiger partial charge is 0.226 e. The van der Waals surface area contributed by atoms with Gasteiger partial charge in [-0.3, -0.25) is 0 Å². The Morgan fingerprint density at radius 1 is 0.321 bits per heavy atom. The van der Waals surface area contributed by atoms with Gasteiger partial charge in [0.05, 0.1) is 15.9 Å². The zero-order valence-corrected chi connectivity index (χ0v) is 31.4. The fourth-order valence-electron chi connectivity index (χ4n) is 7.55. The maximum absolute atomic E-state index is 5.48. The summed E-state index contributed by atoms with van der Waals surface area (Å²) in [6.07, 6.45) is 0. The molecule has 262 valence electrons. The van der Waals surface area contributed by atoms with Crippen LogP contribution in [0.3, 0.4) is 0 Å². The van der Waals surface area contributed by atoms with Crippen LogP contribution in [-0.2, 0) is 0 Å². The van der Waals surface area contributed by atoms with Crippen molar-refractivity contribution in [1.29, 1.82) is 0 Å². The number of nitrogens with zero attached hydrogens (tertiary/aromatic N) is 5. The number of rotatable bonds is 6. The van der Waals surface area contributed by atoms with Gasteiger partial charge in [-0.15, -0.1) is 22.7 Å². The lowest BCUT2D eigenvalue weighted by Gasteiger charge is -2.11. The lowest BCUT2D eigenvalue weighted by atomic mass is 10.00. The normalized spacial score (nSPS) is 11.6. The first kappa shape index (κ1) is 32.5. The van der Waals surface area contributed by atoms with Gasteiger partial charge in [-0.1, -0.05) is 152 Å². The van der Waals surface area contributed by atoms with Crippen molar-refractivity contribution in [3.63, 3.8) is 0 Å². The highest BCUT2D eigenvalue weighted by molar-refractivity contribution is 7.26. The summed E-state index contributed by atoms with van der Waals surface area (Å²) in [5.41, 5.74) is 9.05. The first-order chi connectivity index (χ1) is 27.7. The molecule has 4 heterocycles. The van der Waals surface area contributed by atoms with Gasteiger partial charge < -0.3 is 0 Å². The van der Waals surface area contributed by atoms with Gasteiger partial charge in [-0.2, -0.15) is 0 Å². The number of fused-ring (bicyclic) bond motifs is 6. The fourth-order valence-corrected chi connectivity index (χ4v) is 9.86. The summed E-state index contributed by atoms with van der Waals surface area (Å²) in [7, 11) is 0. The smallest absolute Gasteiger partial charge is 0.164 e. The van der Waals surface area contributed by atoms with Crippen molar-refractivity contribution in [2.24, 2.45) is 0 Å². The van der Waals surface area contributed by atoms with Crippen LogP contribution in [-0.4, -0.2) is 24.9 Å². The number of benzene rings is 7. The molecule has 0 saturated heterocycles. The summed E-state index contributed by atoms with van der Waals surface area (Å²) in [5, 5.41) is 3.31. The molecule has 0 amide bonds. The van der Waals surface area contributed by atoms with Gasteiger partial charge in [0, 0.05) is 58.1 Å². The Kier molecular flexibility index (Phi) is 7.79. The van der Waals surface area contributed by atoms with Crippen LogP contribution in [0.4, 0.5) is 0 Å². The number of hydrogen-bond acceptors (Lipinski definition) is 7. The zero-order valence-electron chi connectivity index (χ0n) is 29.8. The molecule has 56 heavy (non-hydrogen) atoms. The molecule has 7 heteroatoms. The Labute approximate surface area is 330 Å². The molecule has 0 aliphatic rings. The van der Waals surface area contributed by atoms with E-state index in [1.165, 1.54) is 10.3 Å². The second-order valence-electron chi connectivity index (χ2n) is 13.6. The third-order valence-electron chi connectivity index (χ3n) is 10.2. The van der Waals surface area contributed by atoms with Crippen LogP contribution < -0.4 is 0 Å². The average molecular weight is 752 g/mol. The minimum absolute atomic E-state index is 0.622. The van der Waals surface area contributed by atoms with E-state index in [0.717, 1.165) is 74.8 Å². The minimum Gasteiger partial charge on any atom is -0.226 e. The number of aromatic nitrogens is 5. The van der Waals surface area contributed by atoms with E-state index >= 15 is 0 Å². The molecule has 5 nitrogen and oxygen atoms in total. The summed E-state index contributed by atoms with van der Waals surface area (Å²) in [4.78, 5) is 26.2. The van der Waals surface area contributed by atoms with Gasteiger partial charge in [-0.05, 0) is 35.4 Å². The van der Waals surface area contributed by atoms with Gasteiger partial charge in [0.1, 0.15) is 0 Å². The molecule has 0 bridgehead atoms. The van der Waals surface area contributed by atoms with Crippen LogP contribution >= 0.6 is 22.7 Å². The van der Waals surface area contributed by atoms with Crippen molar-refractivity contribution < 1.29 is 0 Å². The molecule has 0 N–H and O–H groups in total. The predicted octanol–water partition coefficient (Wildman–Crippen LogP) is 13.4. The van der Waals surface area contributed by atoms with Crippen LogP contribution in [0, 0.1) is 0 Å². The van der Waals surface area contributed by atoms with Crippen molar-refractivity contribution >= 4 is 63.1 Å². The maximum atomic E-state index is 5.48. The van der Waals surface area contributed by atoms with Crippen molar-refractivity contribution in [2.75, 3.05) is 0 Å². The highest BCUT2D eigenvalue weighted by Crippen LogP contribution is 2.45. The fraction of sp³-hybridized carbons (Fsp3) is 0. The molecule has 0 unspecified atom stereocenters. The quantitative estimate of drug-likeness (QED) is 0.169. The van der Waals surface area contributed by atoms with E-state index in [2.05, 4.69) is 115 Å². The lowest BCUT2D eigenvalue weighted by molar-refractivity contribution is 1.08. The molecule has 11 rings (SSSR count). The van der Waals surface area contributed by atoms with E-state index in [1.807, 2.05) is 60.7 Å². The van der Waals surface area contributed by atoms with E-state index in [-0.39, 0.29) is 0 Å². The Morgan fingerprint density at radius 3 is 1.45 bits per heavy atom. The highest BCUT2D eigenvalue weighted by atomic mass is 32.1. The van der Waals surface area contributed by atoms with Gasteiger partial charge >= 0.3 is 0 Å². The third-order valence-corrected chi connectivity index (χ3v) is 12.5. The molecule has 11 aromatic rings. The van der Waals surface area contributed by atoms with Crippen molar-refractivity contribution in [3.8, 4) is 67.9 Å². The number of hydrogen-bond donors (Lipinski definition) is 0. The second kappa shape index (κ2) is 13.4. The van der Waals surface area contributed by atoms with Gasteiger partial charge in [0.2, 0.25) is 0 Å². The molecule has 0 aliphatic carbocycles. The second-order valence-corrected chi connectivity index (χ2v) is 15.8. The summed E-state index contributed by atoms with van der Waals surface area (Å²) in [5.74, 6) is 2.57. The van der Waals surface area contributed by atoms with E-state index in [1.54, 1.807) is 22.7 Å². The Balaban J connectivity index is 1.17. The van der Waals surface area contributed by atoms with Gasteiger partial charge in [-0.25, -0.2) is 24.9 Å². The van der Waals surface area contributed by atoms with Gasteiger partial charge in [0.15, 0.2) is 23.3 Å². The topological polar surface area (TPSA) is 64.5 Å². The van der Waals surface area contributed by atoms with E-state index in [9.17, 15) is 0 Å².